The van der Waals surface area contributed by atoms with Gasteiger partial charge in [0.25, 0.3) is 0 Å². The Labute approximate surface area is 122 Å². The minimum Gasteiger partial charge on any atom is -0.508 e. The molecule has 1 aromatic heterocycles. The average molecular weight is 569 g/mol. The van der Waals surface area contributed by atoms with Crippen LogP contribution >= 0.6 is 0 Å². The van der Waals surface area contributed by atoms with Crippen LogP contribution in [-0.2, 0) is 0 Å². The fourth-order valence-corrected chi connectivity index (χ4v) is 2.14. The van der Waals surface area contributed by atoms with Crippen molar-refractivity contribution in [2.45, 2.75) is 0 Å². The van der Waals surface area contributed by atoms with E-state index < -0.39 is 22.7 Å². The number of hydrogen-bond acceptors (Lipinski definition) is 7. The van der Waals surface area contributed by atoms with Gasteiger partial charge in [0.05, 0.1) is 0 Å². The molecule has 2 aromatic carbocycles. The Morgan fingerprint density at radius 3 is 2.17 bits per heavy atom. The van der Waals surface area contributed by atoms with Gasteiger partial charge in [-0.05, 0) is 18.2 Å². The van der Waals surface area contributed by atoms with Crippen molar-refractivity contribution in [3.05, 3.63) is 40.6 Å². The molecule has 5 N–H and O–H groups in total. The van der Waals surface area contributed by atoms with Gasteiger partial charge in [-0.15, -0.1) is 0 Å². The molecule has 3 rings (SSSR count). The number of fused-ring (bicyclic) bond motifs is 1. The number of hydrogen-bond donors (Lipinski definition) is 5. The molecular weight excluding hydrogens is 559 g/mol. The first-order valence-corrected chi connectivity index (χ1v) is 6.12. The second kappa shape index (κ2) is 4.88. The van der Waals surface area contributed by atoms with Crippen LogP contribution in [0.4, 0.5) is 0 Å². The molecule has 0 bridgehead atoms. The van der Waals surface area contributed by atoms with Crippen LogP contribution < -0.4 is 5.43 Å². The third kappa shape index (κ3) is 2.17. The molecular formula is C15H10O7Rf. The van der Waals surface area contributed by atoms with Gasteiger partial charge in [0.2, 0.25) is 11.2 Å². The molecule has 0 aliphatic rings. The molecule has 0 unspecified atom stereocenters. The number of phenolic OH excluding ortho intramolecular Hbond substituents is 4. The van der Waals surface area contributed by atoms with E-state index in [0.717, 1.165) is 24.3 Å². The third-order valence-electron chi connectivity index (χ3n) is 3.17. The molecule has 3 aromatic rings. The predicted molar refractivity (Wildman–Crippen MR) is 76.2 cm³/mol. The van der Waals surface area contributed by atoms with Gasteiger partial charge < -0.3 is 29.9 Å². The molecule has 0 saturated carbocycles. The van der Waals surface area contributed by atoms with Crippen LogP contribution in [0.2, 0.25) is 0 Å². The van der Waals surface area contributed by atoms with Crippen molar-refractivity contribution in [1.29, 1.82) is 0 Å². The molecule has 0 atom stereocenters. The van der Waals surface area contributed by atoms with Crippen LogP contribution in [0.1, 0.15) is 0 Å². The molecule has 7 nitrogen and oxygen atoms in total. The Bertz CT molecular complexity index is 962. The van der Waals surface area contributed by atoms with E-state index in [1.54, 1.807) is 0 Å². The Balaban J connectivity index is 0.00000192. The van der Waals surface area contributed by atoms with Gasteiger partial charge in [-0.1, -0.05) is 0 Å². The summed E-state index contributed by atoms with van der Waals surface area (Å²) in [4.78, 5) is 12.1. The first-order valence-electron chi connectivity index (χ1n) is 6.12. The zero-order valence-electron chi connectivity index (χ0n) is 11.6. The first kappa shape index (κ1) is 15.0. The quantitative estimate of drug-likeness (QED) is 0.284. The molecule has 0 fully saturated rings. The monoisotopic (exact) mass is 569 g/mol. The standard InChI is InChI=1S/C15H10O7.Rf/c16-7-4-10(19)12-11(5-7)22-15(14(21)13(12)20)6-1-2-8(17)9(18)3-6;/h1-5,16-19,21H;. The van der Waals surface area contributed by atoms with Gasteiger partial charge in [0.15, 0.2) is 17.3 Å². The smallest absolute Gasteiger partial charge is 0.238 e. The van der Waals surface area contributed by atoms with Crippen LogP contribution in [0.3, 0.4) is 0 Å². The third-order valence-corrected chi connectivity index (χ3v) is 3.17. The van der Waals surface area contributed by atoms with E-state index in [9.17, 15) is 30.3 Å². The molecule has 0 aliphatic heterocycles. The van der Waals surface area contributed by atoms with Crippen molar-refractivity contribution in [3.63, 3.8) is 0 Å². The van der Waals surface area contributed by atoms with Crippen molar-refractivity contribution in [2.75, 3.05) is 0 Å². The van der Waals surface area contributed by atoms with Gasteiger partial charge in [0, 0.05) is 17.7 Å². The molecule has 0 radical (unpaired) electrons. The molecule has 0 saturated heterocycles. The van der Waals surface area contributed by atoms with E-state index in [0.29, 0.717) is 0 Å². The molecule has 0 amide bonds. The summed E-state index contributed by atoms with van der Waals surface area (Å²) in [6.45, 7) is 0. The molecule has 0 spiro atoms. The van der Waals surface area contributed by atoms with Crippen LogP contribution in [-0.4, -0.2) is 25.5 Å². The van der Waals surface area contributed by atoms with E-state index in [1.807, 2.05) is 0 Å². The van der Waals surface area contributed by atoms with E-state index in [-0.39, 0.29) is 33.8 Å². The Hall–Kier alpha value is -4.35. The van der Waals surface area contributed by atoms with Crippen LogP contribution in [0.5, 0.6) is 28.7 Å². The molecule has 23 heavy (non-hydrogen) atoms. The van der Waals surface area contributed by atoms with Gasteiger partial charge >= 0.3 is 0 Å². The summed E-state index contributed by atoms with van der Waals surface area (Å²) in [5.74, 6) is -2.71. The fourth-order valence-electron chi connectivity index (χ4n) is 2.14. The van der Waals surface area contributed by atoms with Crippen LogP contribution in [0.15, 0.2) is 39.5 Å². The summed E-state index contributed by atoms with van der Waals surface area (Å²) in [5, 5.41) is 47.6. The minimum atomic E-state index is -0.888. The van der Waals surface area contributed by atoms with Crippen molar-refractivity contribution >= 4 is 11.0 Å². The van der Waals surface area contributed by atoms with Crippen molar-refractivity contribution in [2.24, 2.45) is 0 Å². The van der Waals surface area contributed by atoms with Gasteiger partial charge in [0.1, 0.15) is 22.5 Å². The second-order valence-electron chi connectivity index (χ2n) is 4.65. The summed E-state index contributed by atoms with van der Waals surface area (Å²) in [6, 6.07) is 5.64. The zero-order chi connectivity index (χ0) is 16.0. The summed E-state index contributed by atoms with van der Waals surface area (Å²) < 4.78 is 5.35. The number of phenols is 4. The van der Waals surface area contributed by atoms with Crippen LogP contribution in [0.25, 0.3) is 22.3 Å². The summed E-state index contributed by atoms with van der Waals surface area (Å²) >= 11 is 0. The van der Waals surface area contributed by atoms with Crippen molar-refractivity contribution in [1.82, 2.24) is 0 Å². The largest absolute Gasteiger partial charge is 0.508 e. The topological polar surface area (TPSA) is 131 Å². The zero-order valence-corrected chi connectivity index (χ0v) is 18.0. The molecule has 1 heterocycles. The van der Waals surface area contributed by atoms with E-state index >= 15 is 0 Å². The van der Waals surface area contributed by atoms with E-state index in [2.05, 4.69) is 0 Å². The average Bonchev–Trinajstić information content (AvgIpc) is 2.45. The number of rotatable bonds is 1. The molecule has 114 valence electrons. The maximum absolute atomic E-state index is 12.1. The Morgan fingerprint density at radius 2 is 1.52 bits per heavy atom. The van der Waals surface area contributed by atoms with Crippen LogP contribution in [0, 0.1) is 0 Å². The Kier molecular flexibility index (Phi) is 3.20. The SMILES string of the molecule is O=c1c(O)c(-c2ccc(O)c(O)c2)oc2cc(O)cc(O)c12.[Rf]. The maximum Gasteiger partial charge on any atom is 0.238 e. The fraction of sp³-hybridized carbons (Fsp3) is 0. The predicted octanol–water partition coefficient (Wildman–Crippen LogP) is 1.99. The number of benzene rings is 2. The van der Waals surface area contributed by atoms with E-state index in [4.69, 9.17) is 4.42 Å². The van der Waals surface area contributed by atoms with Gasteiger partial charge in [-0.3, -0.25) is 4.79 Å². The van der Waals surface area contributed by atoms with Gasteiger partial charge in [-0.2, -0.15) is 0 Å². The minimum absolute atomic E-state index is 0. The van der Waals surface area contributed by atoms with Crippen molar-refractivity contribution < 1.29 is 29.9 Å². The molecule has 8 heteroatoms. The molecule has 0 aliphatic carbocycles. The first-order chi connectivity index (χ1) is 10.4. The Morgan fingerprint density at radius 1 is 0.826 bits per heavy atom. The summed E-state index contributed by atoms with van der Waals surface area (Å²) in [5.41, 5.74) is -0.890. The van der Waals surface area contributed by atoms with Gasteiger partial charge in [-0.25, -0.2) is 0 Å². The second-order valence-corrected chi connectivity index (χ2v) is 4.65. The summed E-state index contributed by atoms with van der Waals surface area (Å²) in [7, 11) is 0. The number of aromatic hydroxyl groups is 5. The summed E-state index contributed by atoms with van der Waals surface area (Å²) in [6.07, 6.45) is 0. The normalized spacial score (nSPS) is 10.4. The maximum atomic E-state index is 12.1. The van der Waals surface area contributed by atoms with E-state index in [1.165, 1.54) is 6.07 Å². The van der Waals surface area contributed by atoms with Crippen molar-refractivity contribution in [3.8, 4) is 40.1 Å².